The highest BCUT2D eigenvalue weighted by molar-refractivity contribution is 5.81. The second-order valence-corrected chi connectivity index (χ2v) is 5.45. The van der Waals surface area contributed by atoms with Crippen molar-refractivity contribution >= 4 is 5.91 Å². The van der Waals surface area contributed by atoms with E-state index < -0.39 is 11.9 Å². The summed E-state index contributed by atoms with van der Waals surface area (Å²) in [7, 11) is 0. The van der Waals surface area contributed by atoms with E-state index >= 15 is 0 Å². The van der Waals surface area contributed by atoms with Crippen molar-refractivity contribution in [1.82, 2.24) is 10.6 Å². The number of hydrogen-bond acceptors (Lipinski definition) is 3. The van der Waals surface area contributed by atoms with Crippen molar-refractivity contribution in [3.8, 4) is 5.75 Å². The maximum Gasteiger partial charge on any atom is 0.236 e. The summed E-state index contributed by atoms with van der Waals surface area (Å²) >= 11 is 0. The first-order valence-electron chi connectivity index (χ1n) is 6.83. The summed E-state index contributed by atoms with van der Waals surface area (Å²) in [6.45, 7) is 8.18. The first-order chi connectivity index (χ1) is 9.31. The number of amides is 1. The second kappa shape index (κ2) is 7.24. The summed E-state index contributed by atoms with van der Waals surface area (Å²) in [4.78, 5) is 11.8. The molecule has 0 aliphatic rings. The molecule has 1 aromatic carbocycles. The van der Waals surface area contributed by atoms with Crippen molar-refractivity contribution < 1.29 is 14.3 Å². The number of benzene rings is 1. The zero-order chi connectivity index (χ0) is 15.3. The molecule has 0 bridgehead atoms. The highest BCUT2D eigenvalue weighted by Gasteiger charge is 2.18. The molecule has 0 saturated carbocycles. The van der Waals surface area contributed by atoms with Gasteiger partial charge in [-0.25, -0.2) is 4.39 Å². The van der Waals surface area contributed by atoms with E-state index in [2.05, 4.69) is 10.6 Å². The van der Waals surface area contributed by atoms with Gasteiger partial charge in [0.15, 0.2) is 0 Å². The van der Waals surface area contributed by atoms with Gasteiger partial charge in [-0.2, -0.15) is 0 Å². The fraction of sp³-hybridized carbons (Fsp3) is 0.533. The van der Waals surface area contributed by atoms with Crippen molar-refractivity contribution in [2.45, 2.75) is 39.8 Å². The zero-order valence-corrected chi connectivity index (χ0v) is 12.4. The first kappa shape index (κ1) is 16.4. The van der Waals surface area contributed by atoms with Crippen LogP contribution >= 0.6 is 0 Å². The maximum absolute atomic E-state index is 13.7. The van der Waals surface area contributed by atoms with Gasteiger partial charge < -0.3 is 10.4 Å². The molecule has 0 heterocycles. The van der Waals surface area contributed by atoms with Gasteiger partial charge in [-0.05, 0) is 25.8 Å². The number of carbonyl (C=O) groups is 1. The molecule has 1 rings (SSSR count). The Balaban J connectivity index is 2.60. The summed E-state index contributed by atoms with van der Waals surface area (Å²) in [5.74, 6) is -0.316. The van der Waals surface area contributed by atoms with Crippen molar-refractivity contribution in [3.05, 3.63) is 29.6 Å². The molecule has 2 unspecified atom stereocenters. The molecule has 0 aromatic heterocycles. The van der Waals surface area contributed by atoms with E-state index in [0.29, 0.717) is 18.0 Å². The topological polar surface area (TPSA) is 61.4 Å². The van der Waals surface area contributed by atoms with Crippen LogP contribution in [0.5, 0.6) is 5.75 Å². The summed E-state index contributed by atoms with van der Waals surface area (Å²) in [5.41, 5.74) is 0.423. The second-order valence-electron chi connectivity index (χ2n) is 5.45. The number of halogens is 1. The van der Waals surface area contributed by atoms with Gasteiger partial charge in [0.2, 0.25) is 5.91 Å². The quantitative estimate of drug-likeness (QED) is 0.750. The van der Waals surface area contributed by atoms with Crippen LogP contribution in [0, 0.1) is 11.7 Å². The molecule has 5 heteroatoms. The number of rotatable bonds is 6. The summed E-state index contributed by atoms with van der Waals surface area (Å²) in [5, 5.41) is 15.1. The molecule has 112 valence electrons. The van der Waals surface area contributed by atoms with Crippen LogP contribution in [-0.4, -0.2) is 23.6 Å². The first-order valence-corrected chi connectivity index (χ1v) is 6.83. The number of aromatic hydroxyl groups is 1. The van der Waals surface area contributed by atoms with E-state index in [4.69, 9.17) is 0 Å². The fourth-order valence-corrected chi connectivity index (χ4v) is 1.87. The Bertz CT molecular complexity index is 463. The number of nitrogens with one attached hydrogen (secondary N) is 2. The molecule has 3 N–H and O–H groups in total. The van der Waals surface area contributed by atoms with Crippen LogP contribution in [-0.2, 0) is 4.79 Å². The highest BCUT2D eigenvalue weighted by Crippen LogP contribution is 2.21. The largest absolute Gasteiger partial charge is 0.508 e. The third-order valence-electron chi connectivity index (χ3n) is 3.03. The van der Waals surface area contributed by atoms with E-state index in [9.17, 15) is 14.3 Å². The molecule has 1 aromatic rings. The van der Waals surface area contributed by atoms with Crippen molar-refractivity contribution in [3.63, 3.8) is 0 Å². The molecule has 1 amide bonds. The minimum Gasteiger partial charge on any atom is -0.508 e. The third-order valence-corrected chi connectivity index (χ3v) is 3.03. The van der Waals surface area contributed by atoms with E-state index in [0.717, 1.165) is 6.07 Å². The molecule has 20 heavy (non-hydrogen) atoms. The molecule has 0 aliphatic heterocycles. The van der Waals surface area contributed by atoms with Crippen molar-refractivity contribution in [2.24, 2.45) is 5.92 Å². The maximum atomic E-state index is 13.7. The predicted molar refractivity (Wildman–Crippen MR) is 76.9 cm³/mol. The molecule has 4 nitrogen and oxygen atoms in total. The minimum absolute atomic E-state index is 0.107. The molecule has 0 aliphatic carbocycles. The van der Waals surface area contributed by atoms with Crippen molar-refractivity contribution in [1.29, 1.82) is 0 Å². The minimum atomic E-state index is -0.486. The fourth-order valence-electron chi connectivity index (χ4n) is 1.87. The van der Waals surface area contributed by atoms with Crippen LogP contribution in [0.15, 0.2) is 18.2 Å². The van der Waals surface area contributed by atoms with Crippen LogP contribution in [0.25, 0.3) is 0 Å². The molecule has 0 fully saturated rings. The van der Waals surface area contributed by atoms with E-state index in [1.54, 1.807) is 13.8 Å². The van der Waals surface area contributed by atoms with Gasteiger partial charge >= 0.3 is 0 Å². The lowest BCUT2D eigenvalue weighted by Gasteiger charge is -2.21. The molecule has 2 atom stereocenters. The Labute approximate surface area is 119 Å². The third kappa shape index (κ3) is 4.81. The highest BCUT2D eigenvalue weighted by atomic mass is 19.1. The van der Waals surface area contributed by atoms with Gasteiger partial charge in [-0.3, -0.25) is 10.1 Å². The van der Waals surface area contributed by atoms with E-state index in [1.165, 1.54) is 12.1 Å². The number of phenols is 1. The van der Waals surface area contributed by atoms with Gasteiger partial charge in [0.1, 0.15) is 11.6 Å². The Hall–Kier alpha value is -1.62. The lowest BCUT2D eigenvalue weighted by atomic mass is 10.1. The summed E-state index contributed by atoms with van der Waals surface area (Å²) < 4.78 is 13.7. The Morgan fingerprint density at radius 2 is 1.95 bits per heavy atom. The van der Waals surface area contributed by atoms with Gasteiger partial charge in [0.05, 0.1) is 6.04 Å². The van der Waals surface area contributed by atoms with Crippen LogP contribution < -0.4 is 10.6 Å². The lowest BCUT2D eigenvalue weighted by molar-refractivity contribution is -0.123. The SMILES string of the molecule is CC(C)CNC(=O)C(C)NC(C)c1ccc(O)cc1F. The molecule has 0 saturated heterocycles. The normalized spacial score (nSPS) is 14.1. The van der Waals surface area contributed by atoms with E-state index in [-0.39, 0.29) is 17.7 Å². The molecule has 0 spiro atoms. The average Bonchev–Trinajstić information content (AvgIpc) is 2.35. The smallest absolute Gasteiger partial charge is 0.236 e. The van der Waals surface area contributed by atoms with Crippen LogP contribution in [0.1, 0.15) is 39.3 Å². The number of phenolic OH excluding ortho intramolecular Hbond substituents is 1. The lowest BCUT2D eigenvalue weighted by Crippen LogP contribution is -2.44. The van der Waals surface area contributed by atoms with Gasteiger partial charge in [-0.15, -0.1) is 0 Å². The standard InChI is InChI=1S/C15H23FN2O2/c1-9(2)8-17-15(20)11(4)18-10(3)13-6-5-12(19)7-14(13)16/h5-7,9-11,18-19H,8H2,1-4H3,(H,17,20). The number of hydrogen-bond donors (Lipinski definition) is 3. The number of carbonyl (C=O) groups excluding carboxylic acids is 1. The van der Waals surface area contributed by atoms with Gasteiger partial charge in [-0.1, -0.05) is 19.9 Å². The van der Waals surface area contributed by atoms with Gasteiger partial charge in [0, 0.05) is 24.2 Å². The Morgan fingerprint density at radius 1 is 1.30 bits per heavy atom. The Morgan fingerprint density at radius 3 is 2.50 bits per heavy atom. The van der Waals surface area contributed by atoms with Crippen LogP contribution in [0.4, 0.5) is 4.39 Å². The Kier molecular flexibility index (Phi) is 5.95. The monoisotopic (exact) mass is 282 g/mol. The van der Waals surface area contributed by atoms with Gasteiger partial charge in [0.25, 0.3) is 0 Å². The summed E-state index contributed by atoms with van der Waals surface area (Å²) in [6, 6.07) is 3.27. The average molecular weight is 282 g/mol. The van der Waals surface area contributed by atoms with Crippen LogP contribution in [0.3, 0.4) is 0 Å². The predicted octanol–water partition coefficient (Wildman–Crippen LogP) is 2.34. The zero-order valence-electron chi connectivity index (χ0n) is 12.4. The van der Waals surface area contributed by atoms with E-state index in [1.807, 2.05) is 13.8 Å². The molecule has 0 radical (unpaired) electrons. The van der Waals surface area contributed by atoms with Crippen molar-refractivity contribution in [2.75, 3.05) is 6.54 Å². The summed E-state index contributed by atoms with van der Waals surface area (Å²) in [6.07, 6.45) is 0. The molecular weight excluding hydrogens is 259 g/mol. The molecular formula is C15H23FN2O2. The van der Waals surface area contributed by atoms with Crippen LogP contribution in [0.2, 0.25) is 0 Å².